The van der Waals surface area contributed by atoms with Crippen molar-refractivity contribution in [3.05, 3.63) is 30.3 Å². The molecule has 0 unspecified atom stereocenters. The van der Waals surface area contributed by atoms with Gasteiger partial charge >= 0.3 is 0 Å². The highest BCUT2D eigenvalue weighted by atomic mass is 28.2. The third kappa shape index (κ3) is 1.59. The zero-order valence-corrected chi connectivity index (χ0v) is 11.3. The summed E-state index contributed by atoms with van der Waals surface area (Å²) < 4.78 is 10.6. The molecule has 0 aromatic heterocycles. The topological polar surface area (TPSA) is 18.5 Å². The molecule has 0 fully saturated rings. The average molecular weight is 196 g/mol. The first-order chi connectivity index (χ1) is 5.83. The van der Waals surface area contributed by atoms with Gasteiger partial charge in [-0.1, -0.05) is 24.8 Å². The Morgan fingerprint density at radius 1 is 1.25 bits per heavy atom. The minimum atomic E-state index is 0.671. The van der Waals surface area contributed by atoms with Crippen molar-refractivity contribution in [1.82, 2.24) is 0 Å². The third-order valence-corrected chi connectivity index (χ3v) is 2.50. The van der Waals surface area contributed by atoms with Crippen LogP contribution in [0.4, 0.5) is 0 Å². The molecular weight excluding hydrogens is 184 g/mol. The lowest BCUT2D eigenvalue weighted by Gasteiger charge is -2.10. The maximum absolute atomic E-state index is 5.32. The number of benzene rings is 1. The molecule has 1 aromatic rings. The van der Waals surface area contributed by atoms with Crippen molar-refractivity contribution in [1.29, 1.82) is 0 Å². The van der Waals surface area contributed by atoms with E-state index in [2.05, 4.69) is 6.58 Å². The maximum atomic E-state index is 5.32. The Hall–Kier alpha value is -1.01. The van der Waals surface area contributed by atoms with Crippen molar-refractivity contribution in [2.45, 2.75) is 0 Å². The van der Waals surface area contributed by atoms with Crippen LogP contribution < -0.4 is 8.85 Å². The number of hydrogen-bond donors (Lipinski definition) is 0. The fourth-order valence-electron chi connectivity index (χ4n) is 1.07. The van der Waals surface area contributed by atoms with E-state index in [9.17, 15) is 0 Å². The Morgan fingerprint density at radius 3 is 2.50 bits per heavy atom. The van der Waals surface area contributed by atoms with Crippen molar-refractivity contribution in [3.63, 3.8) is 0 Å². The van der Waals surface area contributed by atoms with Crippen LogP contribution in [0.1, 0.15) is 5.56 Å². The molecule has 0 heterocycles. The van der Waals surface area contributed by atoms with E-state index in [1.807, 2.05) is 18.2 Å². The second-order valence-corrected chi connectivity index (χ2v) is 3.10. The lowest BCUT2D eigenvalue weighted by molar-refractivity contribution is 0.540. The standard InChI is InChI=1S/C8H12O2Si2/c1-2-6-4-3-5-7(9-11)8(6)10-12/h2-5H,1H2,11-12H3. The van der Waals surface area contributed by atoms with Gasteiger partial charge in [0, 0.05) is 5.56 Å². The molecule has 0 radical (unpaired) electrons. The summed E-state index contributed by atoms with van der Waals surface area (Å²) in [7, 11) is 1.35. The summed E-state index contributed by atoms with van der Waals surface area (Å²) in [5, 5.41) is 0. The SMILES string of the molecule is C=Cc1cccc(O[SiH3])c1O[SiH3]. The highest BCUT2D eigenvalue weighted by molar-refractivity contribution is 6.02. The van der Waals surface area contributed by atoms with Gasteiger partial charge in [0.15, 0.2) is 5.75 Å². The van der Waals surface area contributed by atoms with Crippen LogP contribution >= 0.6 is 0 Å². The van der Waals surface area contributed by atoms with Gasteiger partial charge in [0.05, 0.1) is 0 Å². The van der Waals surface area contributed by atoms with Gasteiger partial charge in [-0.3, -0.25) is 0 Å². The van der Waals surface area contributed by atoms with Crippen molar-refractivity contribution in [3.8, 4) is 11.5 Å². The zero-order chi connectivity index (χ0) is 8.97. The van der Waals surface area contributed by atoms with Gasteiger partial charge in [-0.05, 0) is 6.07 Å². The average Bonchev–Trinajstić information content (AvgIpc) is 2.16. The molecule has 2 nitrogen and oxygen atoms in total. The van der Waals surface area contributed by atoms with Crippen LogP contribution in [0.5, 0.6) is 11.5 Å². The summed E-state index contributed by atoms with van der Waals surface area (Å²) in [5.41, 5.74) is 0.998. The Morgan fingerprint density at radius 2 is 2.00 bits per heavy atom. The molecule has 1 aromatic carbocycles. The van der Waals surface area contributed by atoms with E-state index in [-0.39, 0.29) is 0 Å². The molecule has 0 aliphatic heterocycles. The van der Waals surface area contributed by atoms with Crippen molar-refractivity contribution in [2.24, 2.45) is 0 Å². The molecule has 0 spiro atoms. The first-order valence-electron chi connectivity index (χ1n) is 3.67. The van der Waals surface area contributed by atoms with Gasteiger partial charge in [0.2, 0.25) is 21.0 Å². The summed E-state index contributed by atoms with van der Waals surface area (Å²) in [6.07, 6.45) is 1.78. The summed E-state index contributed by atoms with van der Waals surface area (Å²) in [6.45, 7) is 3.71. The summed E-state index contributed by atoms with van der Waals surface area (Å²) in [6, 6.07) is 5.81. The molecule has 1 rings (SSSR count). The van der Waals surface area contributed by atoms with Gasteiger partial charge in [-0.25, -0.2) is 0 Å². The molecule has 0 atom stereocenters. The Balaban J connectivity index is 3.21. The lowest BCUT2D eigenvalue weighted by Crippen LogP contribution is -1.94. The molecule has 0 aliphatic carbocycles. The van der Waals surface area contributed by atoms with Crippen LogP contribution in [0, 0.1) is 0 Å². The predicted octanol–water partition coefficient (Wildman–Crippen LogP) is -0.352. The van der Waals surface area contributed by atoms with Crippen LogP contribution in [-0.2, 0) is 0 Å². The molecule has 0 saturated heterocycles. The highest BCUT2D eigenvalue weighted by Crippen LogP contribution is 2.30. The largest absolute Gasteiger partial charge is 0.551 e. The normalized spacial score (nSPS) is 9.67. The molecule has 4 heteroatoms. The maximum Gasteiger partial charge on any atom is 0.204 e. The summed E-state index contributed by atoms with van der Waals surface area (Å²) >= 11 is 0. The molecular formula is C8H12O2Si2. The van der Waals surface area contributed by atoms with E-state index >= 15 is 0 Å². The van der Waals surface area contributed by atoms with Crippen LogP contribution in [0.15, 0.2) is 24.8 Å². The Bertz CT molecular complexity index is 286. The van der Waals surface area contributed by atoms with Gasteiger partial charge in [-0.15, -0.1) is 0 Å². The summed E-state index contributed by atoms with van der Waals surface area (Å²) in [5.74, 6) is 1.66. The molecule has 0 aliphatic rings. The molecule has 64 valence electrons. The second-order valence-electron chi connectivity index (χ2n) is 2.29. The van der Waals surface area contributed by atoms with E-state index in [4.69, 9.17) is 8.85 Å². The predicted molar refractivity (Wildman–Crippen MR) is 57.7 cm³/mol. The van der Waals surface area contributed by atoms with Gasteiger partial charge in [0.25, 0.3) is 0 Å². The van der Waals surface area contributed by atoms with Crippen molar-refractivity contribution < 1.29 is 8.85 Å². The van der Waals surface area contributed by atoms with E-state index in [1.165, 1.54) is 0 Å². The van der Waals surface area contributed by atoms with Crippen LogP contribution in [0.2, 0.25) is 0 Å². The molecule has 0 bridgehead atoms. The molecule has 0 saturated carbocycles. The van der Waals surface area contributed by atoms with Crippen LogP contribution in [0.25, 0.3) is 6.08 Å². The Kier molecular flexibility index (Phi) is 3.13. The van der Waals surface area contributed by atoms with E-state index in [0.717, 1.165) is 17.1 Å². The quantitative estimate of drug-likeness (QED) is 0.615. The van der Waals surface area contributed by atoms with E-state index < -0.39 is 0 Å². The fourth-order valence-corrected chi connectivity index (χ4v) is 1.83. The minimum Gasteiger partial charge on any atom is -0.551 e. The number of rotatable bonds is 3. The monoisotopic (exact) mass is 196 g/mol. The number of hydrogen-bond acceptors (Lipinski definition) is 2. The molecule has 12 heavy (non-hydrogen) atoms. The minimum absolute atomic E-state index is 0.671. The molecule has 0 amide bonds. The Labute approximate surface area is 78.3 Å². The fraction of sp³-hybridized carbons (Fsp3) is 0. The van der Waals surface area contributed by atoms with Crippen LogP contribution in [0.3, 0.4) is 0 Å². The third-order valence-electron chi connectivity index (χ3n) is 1.65. The molecule has 0 N–H and O–H groups in total. The highest BCUT2D eigenvalue weighted by Gasteiger charge is 2.04. The lowest BCUT2D eigenvalue weighted by atomic mass is 10.2. The van der Waals surface area contributed by atoms with Crippen molar-refractivity contribution >= 4 is 27.0 Å². The second kappa shape index (κ2) is 4.13. The zero-order valence-electron chi connectivity index (χ0n) is 7.33. The van der Waals surface area contributed by atoms with E-state index in [1.54, 1.807) is 6.08 Å². The van der Waals surface area contributed by atoms with Crippen molar-refractivity contribution in [2.75, 3.05) is 0 Å². The van der Waals surface area contributed by atoms with Gasteiger partial charge in [-0.2, -0.15) is 0 Å². The first-order valence-corrected chi connectivity index (χ1v) is 5.30. The van der Waals surface area contributed by atoms with Gasteiger partial charge in [0.1, 0.15) is 5.75 Å². The van der Waals surface area contributed by atoms with Crippen LogP contribution in [-0.4, -0.2) is 21.0 Å². The summed E-state index contributed by atoms with van der Waals surface area (Å²) in [4.78, 5) is 0. The number of para-hydroxylation sites is 1. The van der Waals surface area contributed by atoms with E-state index in [0.29, 0.717) is 21.0 Å². The smallest absolute Gasteiger partial charge is 0.204 e. The first kappa shape index (κ1) is 9.08. The van der Waals surface area contributed by atoms with Gasteiger partial charge < -0.3 is 8.85 Å².